The highest BCUT2D eigenvalue weighted by atomic mass is 16.3. The minimum absolute atomic E-state index is 0.895. The summed E-state index contributed by atoms with van der Waals surface area (Å²) in [5.74, 6) is 1.85. The molecule has 0 spiro atoms. The van der Waals surface area contributed by atoms with Crippen LogP contribution in [0.2, 0.25) is 0 Å². The Bertz CT molecular complexity index is 1080. The van der Waals surface area contributed by atoms with Crippen molar-refractivity contribution in [1.29, 1.82) is 0 Å². The van der Waals surface area contributed by atoms with Gasteiger partial charge in [0.15, 0.2) is 0 Å². The maximum Gasteiger partial charge on any atom is 0.364 e. The van der Waals surface area contributed by atoms with Crippen LogP contribution in [0, 0.1) is 13.8 Å². The summed E-state index contributed by atoms with van der Waals surface area (Å²) in [5.41, 5.74) is 8.41. The molecule has 0 aliphatic carbocycles. The first-order valence-corrected chi connectivity index (χ1v) is 9.85. The van der Waals surface area contributed by atoms with Gasteiger partial charge in [0.05, 0.1) is 22.8 Å². The highest BCUT2D eigenvalue weighted by molar-refractivity contribution is 5.79. The van der Waals surface area contributed by atoms with Crippen molar-refractivity contribution in [3.8, 4) is 33.8 Å². The van der Waals surface area contributed by atoms with E-state index >= 15 is 0 Å². The molecule has 3 aromatic carbocycles. The lowest BCUT2D eigenvalue weighted by atomic mass is 9.93. The van der Waals surface area contributed by atoms with Crippen molar-refractivity contribution in [2.45, 2.75) is 27.2 Å². The van der Waals surface area contributed by atoms with E-state index in [0.29, 0.717) is 0 Å². The zero-order valence-electron chi connectivity index (χ0n) is 16.7. The summed E-state index contributed by atoms with van der Waals surface area (Å²) in [5, 5.41) is 0. The summed E-state index contributed by atoms with van der Waals surface area (Å²) in [6.07, 6.45) is 0.908. The van der Waals surface area contributed by atoms with E-state index in [1.165, 1.54) is 27.8 Å². The van der Waals surface area contributed by atoms with Crippen molar-refractivity contribution < 1.29 is 4.42 Å². The van der Waals surface area contributed by atoms with Gasteiger partial charge in [0.25, 0.3) is 0 Å². The molecule has 0 atom stereocenters. The van der Waals surface area contributed by atoms with Crippen LogP contribution in [0.3, 0.4) is 0 Å². The molecule has 4 aromatic rings. The van der Waals surface area contributed by atoms with Crippen LogP contribution in [0.15, 0.2) is 89.3 Å². The molecule has 0 fully saturated rings. The number of hydrogen-bond donors (Lipinski definition) is 0. The van der Waals surface area contributed by atoms with Crippen molar-refractivity contribution in [3.63, 3.8) is 0 Å². The van der Waals surface area contributed by atoms with E-state index in [9.17, 15) is 0 Å². The maximum absolute atomic E-state index is 6.51. The number of hydrogen-bond acceptors (Lipinski definition) is 0. The summed E-state index contributed by atoms with van der Waals surface area (Å²) in [6, 6.07) is 29.9. The quantitative estimate of drug-likeness (QED) is 0.337. The number of rotatable bonds is 4. The second-order valence-corrected chi connectivity index (χ2v) is 7.28. The lowest BCUT2D eigenvalue weighted by molar-refractivity contribution is 0.575. The highest BCUT2D eigenvalue weighted by Crippen LogP contribution is 2.37. The fourth-order valence-corrected chi connectivity index (χ4v) is 3.57. The topological polar surface area (TPSA) is 11.3 Å². The third-order valence-corrected chi connectivity index (χ3v) is 5.17. The van der Waals surface area contributed by atoms with Crippen molar-refractivity contribution in [3.05, 3.63) is 102 Å². The van der Waals surface area contributed by atoms with Gasteiger partial charge < -0.3 is 0 Å². The molecule has 0 saturated heterocycles. The summed E-state index contributed by atoms with van der Waals surface area (Å²) in [6.45, 7) is 6.41. The van der Waals surface area contributed by atoms with Crippen LogP contribution in [0.1, 0.15) is 23.6 Å². The lowest BCUT2D eigenvalue weighted by Gasteiger charge is -2.09. The second kappa shape index (κ2) is 7.82. The zero-order chi connectivity index (χ0) is 19.5. The smallest absolute Gasteiger partial charge is 0.206 e. The van der Waals surface area contributed by atoms with Crippen LogP contribution >= 0.6 is 0 Å². The largest absolute Gasteiger partial charge is 0.364 e. The molecular weight excluding hydrogens is 340 g/mol. The van der Waals surface area contributed by atoms with Crippen LogP contribution in [-0.4, -0.2) is 0 Å². The van der Waals surface area contributed by atoms with Gasteiger partial charge in [-0.3, -0.25) is 0 Å². The van der Waals surface area contributed by atoms with Crippen LogP contribution in [0.25, 0.3) is 33.8 Å². The zero-order valence-corrected chi connectivity index (χ0v) is 16.7. The van der Waals surface area contributed by atoms with Gasteiger partial charge in [-0.1, -0.05) is 72.6 Å². The monoisotopic (exact) mass is 365 g/mol. The van der Waals surface area contributed by atoms with E-state index in [-0.39, 0.29) is 0 Å². The van der Waals surface area contributed by atoms with Crippen molar-refractivity contribution >= 4 is 0 Å². The number of benzene rings is 3. The van der Waals surface area contributed by atoms with Crippen molar-refractivity contribution in [2.24, 2.45) is 0 Å². The first-order valence-electron chi connectivity index (χ1n) is 9.85. The van der Waals surface area contributed by atoms with Crippen LogP contribution < -0.4 is 0 Å². The molecule has 1 aromatic heterocycles. The summed E-state index contributed by atoms with van der Waals surface area (Å²) >= 11 is 0. The molecule has 1 heterocycles. The van der Waals surface area contributed by atoms with Gasteiger partial charge in [-0.2, -0.15) is 0 Å². The standard InChI is InChI=1S/C27H25O/c1-4-24-25(21-8-6-5-7-9-21)18-26(22-14-10-19(2)11-15-22)28-27(24)23-16-12-20(3)13-17-23/h5-18H,4H2,1-3H3/q+1. The Morgan fingerprint density at radius 2 is 1.21 bits per heavy atom. The molecule has 0 saturated carbocycles. The second-order valence-electron chi connectivity index (χ2n) is 7.28. The van der Waals surface area contributed by atoms with E-state index in [1.807, 2.05) is 0 Å². The van der Waals surface area contributed by atoms with E-state index in [1.54, 1.807) is 0 Å². The van der Waals surface area contributed by atoms with Gasteiger partial charge in [0.1, 0.15) is 0 Å². The third kappa shape index (κ3) is 3.61. The Hall–Kier alpha value is -3.19. The highest BCUT2D eigenvalue weighted by Gasteiger charge is 2.26. The predicted molar refractivity (Wildman–Crippen MR) is 118 cm³/mol. The molecule has 0 aliphatic rings. The van der Waals surface area contributed by atoms with Gasteiger partial charge in [0, 0.05) is 5.56 Å². The van der Waals surface area contributed by atoms with Crippen LogP contribution in [0.4, 0.5) is 0 Å². The average molecular weight is 365 g/mol. The Morgan fingerprint density at radius 3 is 1.79 bits per heavy atom. The first kappa shape index (κ1) is 18.2. The normalized spacial score (nSPS) is 10.8. The van der Waals surface area contributed by atoms with Gasteiger partial charge in [0.2, 0.25) is 0 Å². The van der Waals surface area contributed by atoms with Crippen molar-refractivity contribution in [1.82, 2.24) is 0 Å². The lowest BCUT2D eigenvalue weighted by Crippen LogP contribution is -1.95. The average Bonchev–Trinajstić information content (AvgIpc) is 2.74. The molecule has 0 radical (unpaired) electrons. The molecule has 1 heteroatoms. The predicted octanol–water partition coefficient (Wildman–Crippen LogP) is 7.74. The summed E-state index contributed by atoms with van der Waals surface area (Å²) in [4.78, 5) is 0. The summed E-state index contributed by atoms with van der Waals surface area (Å²) in [7, 11) is 0. The fourth-order valence-electron chi connectivity index (χ4n) is 3.57. The number of aryl methyl sites for hydroxylation is 2. The molecule has 0 unspecified atom stereocenters. The molecule has 138 valence electrons. The molecule has 0 aliphatic heterocycles. The van der Waals surface area contributed by atoms with Crippen LogP contribution in [0.5, 0.6) is 0 Å². The molecule has 0 N–H and O–H groups in total. The minimum Gasteiger partial charge on any atom is -0.206 e. The molecular formula is C27H25O+. The van der Waals surface area contributed by atoms with Gasteiger partial charge >= 0.3 is 11.5 Å². The Kier molecular flexibility index (Phi) is 5.08. The van der Waals surface area contributed by atoms with Gasteiger partial charge in [-0.05, 0) is 50.1 Å². The molecule has 4 rings (SSSR count). The van der Waals surface area contributed by atoms with E-state index in [2.05, 4.69) is 106 Å². The van der Waals surface area contributed by atoms with Gasteiger partial charge in [-0.15, -0.1) is 0 Å². The SMILES string of the molecule is CCc1c(-c2ccccc2)cc(-c2ccc(C)cc2)[o+]c1-c1ccc(C)cc1. The first-order chi connectivity index (χ1) is 13.7. The molecule has 0 bridgehead atoms. The van der Waals surface area contributed by atoms with E-state index < -0.39 is 0 Å². The van der Waals surface area contributed by atoms with E-state index in [0.717, 1.165) is 29.1 Å². The summed E-state index contributed by atoms with van der Waals surface area (Å²) < 4.78 is 6.51. The Balaban J connectivity index is 1.99. The molecule has 28 heavy (non-hydrogen) atoms. The Morgan fingerprint density at radius 1 is 0.643 bits per heavy atom. The third-order valence-electron chi connectivity index (χ3n) is 5.17. The molecule has 0 amide bonds. The Labute approximate surface area is 167 Å². The maximum atomic E-state index is 6.51. The van der Waals surface area contributed by atoms with Crippen molar-refractivity contribution in [2.75, 3.05) is 0 Å². The van der Waals surface area contributed by atoms with Crippen LogP contribution in [-0.2, 0) is 6.42 Å². The fraction of sp³-hybridized carbons (Fsp3) is 0.148. The minimum atomic E-state index is 0.895. The molecule has 1 nitrogen and oxygen atoms in total. The van der Waals surface area contributed by atoms with Gasteiger partial charge in [-0.25, -0.2) is 4.42 Å². The van der Waals surface area contributed by atoms with E-state index in [4.69, 9.17) is 4.42 Å².